The summed E-state index contributed by atoms with van der Waals surface area (Å²) < 4.78 is 5.40. The Morgan fingerprint density at radius 3 is 3.05 bits per heavy atom. The number of benzene rings is 1. The van der Waals surface area contributed by atoms with Crippen LogP contribution in [0.15, 0.2) is 30.3 Å². The van der Waals surface area contributed by atoms with Gasteiger partial charge in [0.1, 0.15) is 0 Å². The third-order valence-electron chi connectivity index (χ3n) is 3.50. The van der Waals surface area contributed by atoms with Crippen molar-refractivity contribution < 1.29 is 9.53 Å². The molecule has 1 aromatic heterocycles. The molecule has 0 spiro atoms. The molecule has 1 aromatic carbocycles. The molecule has 1 fully saturated rings. The van der Waals surface area contributed by atoms with Crippen molar-refractivity contribution in [3.05, 3.63) is 47.2 Å². The quantitative estimate of drug-likeness (QED) is 0.901. The zero-order valence-corrected chi connectivity index (χ0v) is 11.3. The van der Waals surface area contributed by atoms with Gasteiger partial charge in [0, 0.05) is 29.8 Å². The average molecular weight is 271 g/mol. The van der Waals surface area contributed by atoms with E-state index in [-0.39, 0.29) is 5.91 Å². The number of aryl methyl sites for hydroxylation is 1. The molecule has 20 heavy (non-hydrogen) atoms. The van der Waals surface area contributed by atoms with Gasteiger partial charge in [0.25, 0.3) is 5.91 Å². The predicted octanol–water partition coefficient (Wildman–Crippen LogP) is 2.47. The monoisotopic (exact) mass is 271 g/mol. The van der Waals surface area contributed by atoms with Crippen LogP contribution < -0.4 is 5.32 Å². The number of hydrogen-bond acceptors (Lipinski definition) is 3. The van der Waals surface area contributed by atoms with Gasteiger partial charge in [-0.15, -0.1) is 0 Å². The molecule has 1 amide bonds. The van der Waals surface area contributed by atoms with Gasteiger partial charge in [-0.05, 0) is 31.0 Å². The van der Waals surface area contributed by atoms with E-state index in [1.54, 1.807) is 6.07 Å². The van der Waals surface area contributed by atoms with Crippen LogP contribution in [-0.2, 0) is 4.74 Å². The van der Waals surface area contributed by atoms with Crippen molar-refractivity contribution in [3.8, 4) is 0 Å². The number of aromatic amines is 1. The second-order valence-electron chi connectivity index (χ2n) is 5.08. The van der Waals surface area contributed by atoms with Gasteiger partial charge < -0.3 is 10.1 Å². The third-order valence-corrected chi connectivity index (χ3v) is 3.50. The summed E-state index contributed by atoms with van der Waals surface area (Å²) in [5, 5.41) is 9.59. The predicted molar refractivity (Wildman–Crippen MR) is 75.9 cm³/mol. The Labute approximate surface area is 117 Å². The number of carbonyl (C=O) groups is 1. The van der Waals surface area contributed by atoms with Gasteiger partial charge in [0.05, 0.1) is 6.61 Å². The Morgan fingerprint density at radius 2 is 2.35 bits per heavy atom. The van der Waals surface area contributed by atoms with Gasteiger partial charge in [0.2, 0.25) is 0 Å². The van der Waals surface area contributed by atoms with Crippen LogP contribution in [0.5, 0.6) is 0 Å². The number of nitrogens with one attached hydrogen (secondary N) is 2. The summed E-state index contributed by atoms with van der Waals surface area (Å²) in [5.74, 6) is 0.801. The molecule has 1 saturated heterocycles. The molecule has 5 nitrogen and oxygen atoms in total. The van der Waals surface area contributed by atoms with E-state index in [1.807, 2.05) is 25.1 Å². The number of amides is 1. The van der Waals surface area contributed by atoms with E-state index in [0.29, 0.717) is 17.3 Å². The van der Waals surface area contributed by atoms with Gasteiger partial charge in [-0.3, -0.25) is 9.89 Å². The molecule has 0 bridgehead atoms. The molecule has 0 saturated carbocycles. The summed E-state index contributed by atoms with van der Waals surface area (Å²) in [4.78, 5) is 12.2. The number of carbonyl (C=O) groups excluding carboxylic acids is 1. The first-order valence-electron chi connectivity index (χ1n) is 6.73. The Morgan fingerprint density at radius 1 is 1.45 bits per heavy atom. The van der Waals surface area contributed by atoms with Crippen molar-refractivity contribution in [1.29, 1.82) is 0 Å². The average Bonchev–Trinajstić information content (AvgIpc) is 3.11. The highest BCUT2D eigenvalue weighted by atomic mass is 16.5. The van der Waals surface area contributed by atoms with E-state index in [9.17, 15) is 4.79 Å². The van der Waals surface area contributed by atoms with Crippen molar-refractivity contribution in [2.75, 3.05) is 18.5 Å². The van der Waals surface area contributed by atoms with Crippen LogP contribution in [0.3, 0.4) is 0 Å². The largest absolute Gasteiger partial charge is 0.381 e. The third kappa shape index (κ3) is 2.72. The fourth-order valence-corrected chi connectivity index (χ4v) is 2.40. The highest BCUT2D eigenvalue weighted by Gasteiger charge is 2.18. The molecule has 1 aliphatic rings. The lowest BCUT2D eigenvalue weighted by molar-refractivity contribution is 0.102. The summed E-state index contributed by atoms with van der Waals surface area (Å²) in [6.45, 7) is 3.43. The van der Waals surface area contributed by atoms with Gasteiger partial charge in [-0.25, -0.2) is 0 Å². The maximum Gasteiger partial charge on any atom is 0.256 e. The fraction of sp³-hybridized carbons (Fsp3) is 0.333. The normalized spacial score (nSPS) is 18.1. The van der Waals surface area contributed by atoms with Crippen LogP contribution >= 0.6 is 0 Å². The number of hydrogen-bond donors (Lipinski definition) is 2. The Kier molecular flexibility index (Phi) is 3.52. The molecule has 0 aliphatic carbocycles. The van der Waals surface area contributed by atoms with Crippen molar-refractivity contribution in [1.82, 2.24) is 10.2 Å². The zero-order chi connectivity index (χ0) is 13.9. The topological polar surface area (TPSA) is 67.0 Å². The van der Waals surface area contributed by atoms with Gasteiger partial charge >= 0.3 is 0 Å². The summed E-state index contributed by atoms with van der Waals surface area (Å²) in [5.41, 5.74) is 2.72. The van der Waals surface area contributed by atoms with Crippen LogP contribution in [0.1, 0.15) is 34.0 Å². The maximum atomic E-state index is 12.2. The summed E-state index contributed by atoms with van der Waals surface area (Å²) in [7, 11) is 0. The van der Waals surface area contributed by atoms with Crippen LogP contribution in [0, 0.1) is 6.92 Å². The second kappa shape index (κ2) is 5.46. The zero-order valence-electron chi connectivity index (χ0n) is 11.3. The molecule has 3 rings (SSSR count). The molecule has 1 unspecified atom stereocenters. The Hall–Kier alpha value is -2.14. The van der Waals surface area contributed by atoms with Crippen LogP contribution in [0.2, 0.25) is 0 Å². The van der Waals surface area contributed by atoms with Gasteiger partial charge in [0.15, 0.2) is 5.82 Å². The van der Waals surface area contributed by atoms with E-state index in [2.05, 4.69) is 21.6 Å². The fourth-order valence-electron chi connectivity index (χ4n) is 2.40. The minimum atomic E-state index is -0.141. The Bertz CT molecular complexity index is 615. The lowest BCUT2D eigenvalue weighted by Gasteiger charge is -2.09. The van der Waals surface area contributed by atoms with E-state index in [1.165, 1.54) is 0 Å². The molecule has 2 aromatic rings. The lowest BCUT2D eigenvalue weighted by Crippen LogP contribution is -2.13. The number of anilines is 1. The number of aromatic nitrogens is 2. The minimum absolute atomic E-state index is 0.141. The first-order chi connectivity index (χ1) is 9.72. The summed E-state index contributed by atoms with van der Waals surface area (Å²) in [6, 6.07) is 9.52. The lowest BCUT2D eigenvalue weighted by atomic mass is 9.96. The molecule has 2 N–H and O–H groups in total. The number of ether oxygens (including phenoxy) is 1. The Balaban J connectivity index is 1.75. The maximum absolute atomic E-state index is 12.2. The van der Waals surface area contributed by atoms with E-state index >= 15 is 0 Å². The molecular weight excluding hydrogens is 254 g/mol. The summed E-state index contributed by atoms with van der Waals surface area (Å²) >= 11 is 0. The van der Waals surface area contributed by atoms with E-state index in [0.717, 1.165) is 30.9 Å². The van der Waals surface area contributed by atoms with Crippen molar-refractivity contribution in [2.24, 2.45) is 0 Å². The standard InChI is InChI=1S/C15H17N3O2/c1-10-7-14(18-17-10)16-15(19)12-4-2-3-11(8-12)13-5-6-20-9-13/h2-4,7-8,13H,5-6,9H2,1H3,(H2,16,17,18,19). The SMILES string of the molecule is Cc1cc(NC(=O)c2cccc(C3CCOC3)c2)n[nH]1. The van der Waals surface area contributed by atoms with E-state index in [4.69, 9.17) is 4.74 Å². The number of H-pyrrole nitrogens is 1. The smallest absolute Gasteiger partial charge is 0.256 e. The van der Waals surface area contributed by atoms with E-state index < -0.39 is 0 Å². The molecule has 0 radical (unpaired) electrons. The second-order valence-corrected chi connectivity index (χ2v) is 5.08. The molecule has 1 atom stereocenters. The van der Waals surface area contributed by atoms with Crippen molar-refractivity contribution in [3.63, 3.8) is 0 Å². The molecule has 1 aliphatic heterocycles. The first-order valence-corrected chi connectivity index (χ1v) is 6.73. The van der Waals surface area contributed by atoms with Crippen molar-refractivity contribution in [2.45, 2.75) is 19.3 Å². The molecule has 5 heteroatoms. The van der Waals surface area contributed by atoms with Gasteiger partial charge in [-0.1, -0.05) is 12.1 Å². The molecule has 104 valence electrons. The minimum Gasteiger partial charge on any atom is -0.381 e. The molecule has 2 heterocycles. The number of rotatable bonds is 3. The van der Waals surface area contributed by atoms with Crippen LogP contribution in [-0.4, -0.2) is 29.3 Å². The van der Waals surface area contributed by atoms with Gasteiger partial charge in [-0.2, -0.15) is 5.10 Å². The first kappa shape index (κ1) is 12.9. The summed E-state index contributed by atoms with van der Waals surface area (Å²) in [6.07, 6.45) is 1.02. The van der Waals surface area contributed by atoms with Crippen LogP contribution in [0.4, 0.5) is 5.82 Å². The number of nitrogens with zero attached hydrogens (tertiary/aromatic N) is 1. The highest BCUT2D eigenvalue weighted by Crippen LogP contribution is 2.25. The highest BCUT2D eigenvalue weighted by molar-refractivity contribution is 6.03. The van der Waals surface area contributed by atoms with Crippen molar-refractivity contribution >= 4 is 11.7 Å². The molecular formula is C15H17N3O2. The van der Waals surface area contributed by atoms with Crippen LogP contribution in [0.25, 0.3) is 0 Å².